The molecule has 0 radical (unpaired) electrons. The van der Waals surface area contributed by atoms with Gasteiger partial charge in [0.25, 0.3) is 0 Å². The summed E-state index contributed by atoms with van der Waals surface area (Å²) in [7, 11) is 0. The van der Waals surface area contributed by atoms with Gasteiger partial charge in [-0.05, 0) is 18.6 Å². The van der Waals surface area contributed by atoms with Gasteiger partial charge in [-0.25, -0.2) is 4.99 Å². The van der Waals surface area contributed by atoms with Crippen molar-refractivity contribution < 1.29 is 9.32 Å². The first-order chi connectivity index (χ1) is 11.8. The molecule has 7 nitrogen and oxygen atoms in total. The molecule has 0 spiro atoms. The fraction of sp³-hybridized carbons (Fsp3) is 0.353. The molecule has 0 saturated carbocycles. The number of benzene rings is 1. The van der Waals surface area contributed by atoms with Crippen molar-refractivity contribution in [3.05, 3.63) is 47.9 Å². The van der Waals surface area contributed by atoms with E-state index < -0.39 is 0 Å². The molecule has 0 aliphatic carbocycles. The standard InChI is InChI=1S/C17H21N5O2/c1-2-18-17(20-11-13-7-8-24-22-13)19-10-12-9-16(23)21-15-6-4-3-5-14(12)15/h3-8,12H,2,9-11H2,1H3,(H,21,23)(H2,18,19,20). The molecule has 0 bridgehead atoms. The van der Waals surface area contributed by atoms with E-state index in [1.807, 2.05) is 25.1 Å². The van der Waals surface area contributed by atoms with Gasteiger partial charge in [0.2, 0.25) is 5.91 Å². The minimum absolute atomic E-state index is 0.0463. The van der Waals surface area contributed by atoms with Crippen LogP contribution in [0.2, 0.25) is 0 Å². The molecule has 1 amide bonds. The number of aromatic nitrogens is 1. The predicted octanol–water partition coefficient (Wildman–Crippen LogP) is 1.86. The summed E-state index contributed by atoms with van der Waals surface area (Å²) in [6, 6.07) is 9.70. The lowest BCUT2D eigenvalue weighted by atomic mass is 9.90. The van der Waals surface area contributed by atoms with Crippen LogP contribution in [-0.2, 0) is 11.3 Å². The second-order valence-corrected chi connectivity index (χ2v) is 5.60. The quantitative estimate of drug-likeness (QED) is 0.576. The maximum atomic E-state index is 11.9. The highest BCUT2D eigenvalue weighted by atomic mass is 16.5. The number of fused-ring (bicyclic) bond motifs is 1. The van der Waals surface area contributed by atoms with E-state index in [1.165, 1.54) is 6.26 Å². The highest BCUT2D eigenvalue weighted by Gasteiger charge is 2.24. The molecule has 3 N–H and O–H groups in total. The van der Waals surface area contributed by atoms with Crippen LogP contribution in [0.15, 0.2) is 46.1 Å². The van der Waals surface area contributed by atoms with Crippen LogP contribution in [0.4, 0.5) is 5.69 Å². The molecule has 1 aliphatic rings. The van der Waals surface area contributed by atoms with E-state index in [-0.39, 0.29) is 11.8 Å². The molecule has 1 aromatic heterocycles. The summed E-state index contributed by atoms with van der Waals surface area (Å²) in [4.78, 5) is 16.4. The number of anilines is 1. The molecule has 2 aromatic rings. The lowest BCUT2D eigenvalue weighted by Crippen LogP contribution is -2.40. The van der Waals surface area contributed by atoms with E-state index in [9.17, 15) is 4.79 Å². The van der Waals surface area contributed by atoms with Crippen molar-refractivity contribution in [2.24, 2.45) is 4.99 Å². The van der Waals surface area contributed by atoms with Gasteiger partial charge < -0.3 is 20.5 Å². The zero-order valence-corrected chi connectivity index (χ0v) is 13.6. The molecule has 126 valence electrons. The lowest BCUT2D eigenvalue weighted by molar-refractivity contribution is -0.116. The number of nitrogens with zero attached hydrogens (tertiary/aromatic N) is 2. The smallest absolute Gasteiger partial charge is 0.225 e. The second-order valence-electron chi connectivity index (χ2n) is 5.60. The van der Waals surface area contributed by atoms with Crippen LogP contribution < -0.4 is 16.0 Å². The van der Waals surface area contributed by atoms with E-state index in [4.69, 9.17) is 4.52 Å². The molecule has 7 heteroatoms. The van der Waals surface area contributed by atoms with E-state index in [0.717, 1.165) is 23.5 Å². The Bertz CT molecular complexity index is 712. The lowest BCUT2D eigenvalue weighted by Gasteiger charge is -2.26. The van der Waals surface area contributed by atoms with Gasteiger partial charge >= 0.3 is 0 Å². The summed E-state index contributed by atoms with van der Waals surface area (Å²) < 4.78 is 4.81. The van der Waals surface area contributed by atoms with E-state index in [0.29, 0.717) is 25.5 Å². The summed E-state index contributed by atoms with van der Waals surface area (Å²) in [5.41, 5.74) is 2.82. The molecule has 1 unspecified atom stereocenters. The average molecular weight is 327 g/mol. The Morgan fingerprint density at radius 1 is 1.38 bits per heavy atom. The third kappa shape index (κ3) is 3.92. The molecule has 1 aromatic carbocycles. The molecule has 2 heterocycles. The van der Waals surface area contributed by atoms with Gasteiger partial charge in [0.1, 0.15) is 12.0 Å². The highest BCUT2D eigenvalue weighted by Crippen LogP contribution is 2.31. The van der Waals surface area contributed by atoms with Gasteiger partial charge in [-0.1, -0.05) is 23.4 Å². The van der Waals surface area contributed by atoms with Crippen LogP contribution in [0.1, 0.15) is 30.5 Å². The van der Waals surface area contributed by atoms with Crippen LogP contribution in [0, 0.1) is 0 Å². The Labute approximate surface area is 140 Å². The van der Waals surface area contributed by atoms with Crippen LogP contribution in [0.3, 0.4) is 0 Å². The van der Waals surface area contributed by atoms with E-state index in [2.05, 4.69) is 32.2 Å². The van der Waals surface area contributed by atoms with Crippen molar-refractivity contribution in [1.82, 2.24) is 15.8 Å². The third-order valence-electron chi connectivity index (χ3n) is 3.86. The predicted molar refractivity (Wildman–Crippen MR) is 91.8 cm³/mol. The van der Waals surface area contributed by atoms with Gasteiger partial charge in [-0.2, -0.15) is 0 Å². The number of para-hydroxylation sites is 1. The molecule has 24 heavy (non-hydrogen) atoms. The largest absolute Gasteiger partial charge is 0.364 e. The highest BCUT2D eigenvalue weighted by molar-refractivity contribution is 5.94. The number of carbonyl (C=O) groups is 1. The summed E-state index contributed by atoms with van der Waals surface area (Å²) in [5.74, 6) is 0.861. The summed E-state index contributed by atoms with van der Waals surface area (Å²) in [6.45, 7) is 3.84. The fourth-order valence-electron chi connectivity index (χ4n) is 2.72. The Balaban J connectivity index is 1.66. The van der Waals surface area contributed by atoms with Crippen molar-refractivity contribution in [2.45, 2.75) is 25.8 Å². The molecular weight excluding hydrogens is 306 g/mol. The number of hydrogen-bond donors (Lipinski definition) is 3. The van der Waals surface area contributed by atoms with E-state index >= 15 is 0 Å². The van der Waals surface area contributed by atoms with Crippen LogP contribution in [-0.4, -0.2) is 30.1 Å². The van der Waals surface area contributed by atoms with Crippen molar-refractivity contribution in [1.29, 1.82) is 0 Å². The summed E-state index contributed by atoms with van der Waals surface area (Å²) >= 11 is 0. The SMILES string of the molecule is CCNC(=NCc1ccon1)NCC1CC(=O)Nc2ccccc21. The zero-order chi connectivity index (χ0) is 16.8. The molecule has 1 aliphatic heterocycles. The Morgan fingerprint density at radius 2 is 2.25 bits per heavy atom. The first-order valence-electron chi connectivity index (χ1n) is 8.06. The fourth-order valence-corrected chi connectivity index (χ4v) is 2.72. The third-order valence-corrected chi connectivity index (χ3v) is 3.86. The summed E-state index contributed by atoms with van der Waals surface area (Å²) in [5, 5.41) is 13.3. The number of rotatable bonds is 5. The monoisotopic (exact) mass is 327 g/mol. The van der Waals surface area contributed by atoms with Gasteiger partial charge in [0, 0.05) is 37.2 Å². The Kier molecular flexibility index (Phi) is 5.10. The number of nitrogens with one attached hydrogen (secondary N) is 3. The number of amides is 1. The van der Waals surface area contributed by atoms with Crippen molar-refractivity contribution in [3.63, 3.8) is 0 Å². The topological polar surface area (TPSA) is 91.6 Å². The van der Waals surface area contributed by atoms with E-state index in [1.54, 1.807) is 6.07 Å². The average Bonchev–Trinajstić information content (AvgIpc) is 3.10. The molecule has 0 saturated heterocycles. The summed E-state index contributed by atoms with van der Waals surface area (Å²) in [6.07, 6.45) is 2.00. The molecular formula is C17H21N5O2. The molecule has 3 rings (SSSR count). The van der Waals surface area contributed by atoms with Crippen molar-refractivity contribution in [3.8, 4) is 0 Å². The number of carbonyl (C=O) groups excluding carboxylic acids is 1. The Hall–Kier alpha value is -2.83. The normalized spacial score (nSPS) is 17.1. The number of guanidine groups is 1. The van der Waals surface area contributed by atoms with Crippen molar-refractivity contribution in [2.75, 3.05) is 18.4 Å². The van der Waals surface area contributed by atoms with Crippen molar-refractivity contribution >= 4 is 17.6 Å². The van der Waals surface area contributed by atoms with Crippen LogP contribution in [0.25, 0.3) is 0 Å². The Morgan fingerprint density at radius 3 is 3.04 bits per heavy atom. The van der Waals surface area contributed by atoms with Gasteiger partial charge in [-0.3, -0.25) is 4.79 Å². The van der Waals surface area contributed by atoms with Gasteiger partial charge in [0.05, 0.1) is 6.54 Å². The van der Waals surface area contributed by atoms with Crippen LogP contribution in [0.5, 0.6) is 0 Å². The molecule has 0 fully saturated rings. The van der Waals surface area contributed by atoms with Crippen LogP contribution >= 0.6 is 0 Å². The first-order valence-corrected chi connectivity index (χ1v) is 8.06. The first kappa shape index (κ1) is 16.0. The minimum atomic E-state index is 0.0463. The number of aliphatic imine (C=N–C) groups is 1. The van der Waals surface area contributed by atoms with Gasteiger partial charge in [0.15, 0.2) is 5.96 Å². The zero-order valence-electron chi connectivity index (χ0n) is 13.6. The maximum Gasteiger partial charge on any atom is 0.225 e. The van der Waals surface area contributed by atoms with Gasteiger partial charge in [-0.15, -0.1) is 0 Å². The molecule has 1 atom stereocenters. The number of hydrogen-bond acceptors (Lipinski definition) is 4. The maximum absolute atomic E-state index is 11.9. The minimum Gasteiger partial charge on any atom is -0.364 e. The second kappa shape index (κ2) is 7.63.